The fraction of sp³-hybridized carbons (Fsp3) is 0.615. The van der Waals surface area contributed by atoms with Crippen LogP contribution >= 0.6 is 39.7 Å². The number of hydrogen-bond acceptors (Lipinski definition) is 4. The largest absolute Gasteiger partial charge is 0.368 e. The van der Waals surface area contributed by atoms with E-state index in [1.54, 1.807) is 23.3 Å². The lowest BCUT2D eigenvalue weighted by Gasteiger charge is -2.37. The van der Waals surface area contributed by atoms with Crippen molar-refractivity contribution in [1.82, 2.24) is 10.2 Å². The second kappa shape index (κ2) is 7.75. The van der Waals surface area contributed by atoms with E-state index in [2.05, 4.69) is 21.2 Å². The summed E-state index contributed by atoms with van der Waals surface area (Å²) in [4.78, 5) is 15.6. The maximum atomic E-state index is 12.6. The number of methoxy groups -OCH3 is 1. The molecular weight excluding hydrogens is 364 g/mol. The van der Waals surface area contributed by atoms with Crippen molar-refractivity contribution in [3.63, 3.8) is 0 Å². The first kappa shape index (κ1) is 17.9. The van der Waals surface area contributed by atoms with Gasteiger partial charge in [-0.2, -0.15) is 0 Å². The van der Waals surface area contributed by atoms with E-state index < -0.39 is 5.60 Å². The minimum absolute atomic E-state index is 0. The fourth-order valence-electron chi connectivity index (χ4n) is 2.43. The Morgan fingerprint density at radius 2 is 2.15 bits per heavy atom. The molecule has 1 N–H and O–H groups in total. The maximum absolute atomic E-state index is 12.6. The normalized spacial score (nSPS) is 17.4. The van der Waals surface area contributed by atoms with Crippen LogP contribution in [-0.4, -0.2) is 43.7 Å². The molecular formula is C13H20BrClN2O2S. The SMILES string of the molecule is COC1(C(=O)N(C)Cc2ccc(Br)s2)CCNCC1.Cl. The Morgan fingerprint density at radius 1 is 1.50 bits per heavy atom. The summed E-state index contributed by atoms with van der Waals surface area (Å²) in [6, 6.07) is 4.05. The molecule has 1 saturated heterocycles. The zero-order valence-corrected chi connectivity index (χ0v) is 14.9. The Kier molecular flexibility index (Phi) is 6.94. The van der Waals surface area contributed by atoms with E-state index in [0.29, 0.717) is 6.54 Å². The third kappa shape index (κ3) is 3.95. The van der Waals surface area contributed by atoms with Crippen molar-refractivity contribution in [2.45, 2.75) is 25.0 Å². The quantitative estimate of drug-likeness (QED) is 0.869. The molecule has 7 heteroatoms. The van der Waals surface area contributed by atoms with Gasteiger partial charge in [0.1, 0.15) is 5.60 Å². The molecule has 0 atom stereocenters. The molecule has 0 saturated carbocycles. The maximum Gasteiger partial charge on any atom is 0.254 e. The Bertz CT molecular complexity index is 449. The Morgan fingerprint density at radius 3 is 2.65 bits per heavy atom. The van der Waals surface area contributed by atoms with Gasteiger partial charge in [0.2, 0.25) is 0 Å². The molecule has 1 aromatic rings. The average molecular weight is 384 g/mol. The molecule has 0 spiro atoms. The molecule has 2 heterocycles. The number of hydrogen-bond donors (Lipinski definition) is 1. The van der Waals surface area contributed by atoms with Crippen LogP contribution in [0.5, 0.6) is 0 Å². The van der Waals surface area contributed by atoms with Crippen LogP contribution in [0.4, 0.5) is 0 Å². The van der Waals surface area contributed by atoms with Gasteiger partial charge in [-0.15, -0.1) is 23.7 Å². The van der Waals surface area contributed by atoms with Gasteiger partial charge in [-0.05, 0) is 54.0 Å². The van der Waals surface area contributed by atoms with Gasteiger partial charge in [-0.3, -0.25) is 4.79 Å². The standard InChI is InChI=1S/C13H19BrN2O2S.ClH/c1-16(9-10-3-4-11(14)19-10)12(17)13(18-2)5-7-15-8-6-13;/h3-4,15H,5-9H2,1-2H3;1H. The lowest BCUT2D eigenvalue weighted by molar-refractivity contribution is -0.157. The van der Waals surface area contributed by atoms with Crippen molar-refractivity contribution in [3.8, 4) is 0 Å². The van der Waals surface area contributed by atoms with Crippen molar-refractivity contribution in [2.75, 3.05) is 27.2 Å². The molecule has 20 heavy (non-hydrogen) atoms. The van der Waals surface area contributed by atoms with Crippen LogP contribution in [0.2, 0.25) is 0 Å². The molecule has 4 nitrogen and oxygen atoms in total. The van der Waals surface area contributed by atoms with Gasteiger partial charge in [0, 0.05) is 19.0 Å². The molecule has 0 aliphatic carbocycles. The number of nitrogens with zero attached hydrogens (tertiary/aromatic N) is 1. The van der Waals surface area contributed by atoms with E-state index in [1.165, 1.54) is 4.88 Å². The van der Waals surface area contributed by atoms with Gasteiger partial charge in [0.25, 0.3) is 5.91 Å². The summed E-state index contributed by atoms with van der Waals surface area (Å²) >= 11 is 5.10. The van der Waals surface area contributed by atoms with E-state index in [9.17, 15) is 4.79 Å². The lowest BCUT2D eigenvalue weighted by Crippen LogP contribution is -2.54. The summed E-state index contributed by atoms with van der Waals surface area (Å²) in [5.41, 5.74) is -0.644. The minimum Gasteiger partial charge on any atom is -0.368 e. The number of halogens is 2. The fourth-order valence-corrected chi connectivity index (χ4v) is 3.96. The van der Waals surface area contributed by atoms with Crippen molar-refractivity contribution in [3.05, 3.63) is 20.8 Å². The van der Waals surface area contributed by atoms with Crippen LogP contribution < -0.4 is 5.32 Å². The number of rotatable bonds is 4. The highest BCUT2D eigenvalue weighted by Crippen LogP contribution is 2.27. The lowest BCUT2D eigenvalue weighted by atomic mass is 9.90. The van der Waals surface area contributed by atoms with E-state index in [0.717, 1.165) is 29.7 Å². The second-order valence-corrected chi connectivity index (χ2v) is 7.36. The summed E-state index contributed by atoms with van der Waals surface area (Å²) in [7, 11) is 3.48. The first-order valence-electron chi connectivity index (χ1n) is 6.33. The number of piperidine rings is 1. The smallest absolute Gasteiger partial charge is 0.254 e. The van der Waals surface area contributed by atoms with E-state index in [4.69, 9.17) is 4.74 Å². The molecule has 0 bridgehead atoms. The summed E-state index contributed by atoms with van der Waals surface area (Å²) in [5, 5.41) is 3.27. The summed E-state index contributed by atoms with van der Waals surface area (Å²) < 4.78 is 6.66. The number of thiophene rings is 1. The molecule has 1 aliphatic heterocycles. The highest BCUT2D eigenvalue weighted by Gasteiger charge is 2.41. The van der Waals surface area contributed by atoms with Crippen LogP contribution in [0.25, 0.3) is 0 Å². The zero-order valence-electron chi connectivity index (χ0n) is 11.6. The van der Waals surface area contributed by atoms with Gasteiger partial charge in [-0.1, -0.05) is 0 Å². The number of amides is 1. The van der Waals surface area contributed by atoms with Crippen molar-refractivity contribution in [1.29, 1.82) is 0 Å². The molecule has 1 aliphatic rings. The van der Waals surface area contributed by atoms with E-state index in [-0.39, 0.29) is 18.3 Å². The first-order valence-corrected chi connectivity index (χ1v) is 7.94. The molecule has 114 valence electrons. The molecule has 0 unspecified atom stereocenters. The van der Waals surface area contributed by atoms with Crippen molar-refractivity contribution >= 4 is 45.6 Å². The van der Waals surface area contributed by atoms with Gasteiger partial charge in [0.05, 0.1) is 10.3 Å². The molecule has 1 aromatic heterocycles. The van der Waals surface area contributed by atoms with Crippen molar-refractivity contribution in [2.24, 2.45) is 0 Å². The summed E-state index contributed by atoms with van der Waals surface area (Å²) in [6.07, 6.45) is 1.47. The first-order chi connectivity index (χ1) is 9.07. The molecule has 0 radical (unpaired) electrons. The highest BCUT2D eigenvalue weighted by molar-refractivity contribution is 9.11. The van der Waals surface area contributed by atoms with E-state index in [1.807, 2.05) is 19.2 Å². The predicted octanol–water partition coefficient (Wildman–Crippen LogP) is 2.66. The minimum atomic E-state index is -0.644. The summed E-state index contributed by atoms with van der Waals surface area (Å²) in [5.74, 6) is 0.0843. The molecule has 1 amide bonds. The average Bonchev–Trinajstić information content (AvgIpc) is 2.84. The van der Waals surface area contributed by atoms with Crippen LogP contribution in [0, 0.1) is 0 Å². The van der Waals surface area contributed by atoms with Crippen LogP contribution in [0.3, 0.4) is 0 Å². The molecule has 2 rings (SSSR count). The third-order valence-corrected chi connectivity index (χ3v) is 5.17. The number of nitrogens with one attached hydrogen (secondary N) is 1. The van der Waals surface area contributed by atoms with Gasteiger partial charge in [0.15, 0.2) is 0 Å². The monoisotopic (exact) mass is 382 g/mol. The topological polar surface area (TPSA) is 41.6 Å². The predicted molar refractivity (Wildman–Crippen MR) is 87.6 cm³/mol. The highest BCUT2D eigenvalue weighted by atomic mass is 79.9. The number of carbonyl (C=O) groups excluding carboxylic acids is 1. The Labute approximate surface area is 138 Å². The number of carbonyl (C=O) groups is 1. The Balaban J connectivity index is 0.00000200. The third-order valence-electron chi connectivity index (χ3n) is 3.56. The van der Waals surface area contributed by atoms with Gasteiger partial charge < -0.3 is 15.0 Å². The van der Waals surface area contributed by atoms with Crippen molar-refractivity contribution < 1.29 is 9.53 Å². The Hall–Kier alpha value is -0.140. The van der Waals surface area contributed by atoms with Crippen LogP contribution in [0.1, 0.15) is 17.7 Å². The zero-order chi connectivity index (χ0) is 13.9. The molecule has 0 aromatic carbocycles. The van der Waals surface area contributed by atoms with Gasteiger partial charge >= 0.3 is 0 Å². The molecule has 1 fully saturated rings. The second-order valence-electron chi connectivity index (χ2n) is 4.82. The van der Waals surface area contributed by atoms with Gasteiger partial charge in [-0.25, -0.2) is 0 Å². The number of likely N-dealkylation sites (N-methyl/N-ethyl adjacent to an activating group) is 1. The van der Waals surface area contributed by atoms with Crippen LogP contribution in [0.15, 0.2) is 15.9 Å². The van der Waals surface area contributed by atoms with Crippen LogP contribution in [-0.2, 0) is 16.1 Å². The number of ether oxygens (including phenoxy) is 1. The van der Waals surface area contributed by atoms with E-state index >= 15 is 0 Å². The summed E-state index contributed by atoms with van der Waals surface area (Å²) in [6.45, 7) is 2.30.